The first kappa shape index (κ1) is 16.4. The Morgan fingerprint density at radius 2 is 1.69 bits per heavy atom. The first-order valence-corrected chi connectivity index (χ1v) is 9.06. The minimum Gasteiger partial charge on any atom is -0.306 e. The fraction of sp³-hybridized carbons (Fsp3) is 0.0952. The molecule has 0 aliphatic heterocycles. The maximum atomic E-state index is 12.8. The van der Waals surface area contributed by atoms with E-state index < -0.39 is 0 Å². The number of ketones is 1. The van der Waals surface area contributed by atoms with E-state index in [9.17, 15) is 9.59 Å². The molecule has 26 heavy (non-hydrogen) atoms. The molecule has 4 aromatic rings. The summed E-state index contributed by atoms with van der Waals surface area (Å²) in [6, 6.07) is 17.0. The molecule has 4 nitrogen and oxygen atoms in total. The van der Waals surface area contributed by atoms with Gasteiger partial charge in [-0.1, -0.05) is 54.6 Å². The van der Waals surface area contributed by atoms with Crippen LogP contribution in [-0.4, -0.2) is 15.8 Å². The van der Waals surface area contributed by atoms with Crippen molar-refractivity contribution >= 4 is 27.3 Å². The molecule has 0 radical (unpaired) electrons. The lowest BCUT2D eigenvalue weighted by atomic mass is 10.0. The SMILES string of the molecule is CC(=O)c1ccc(-c2nc3sc(C)c(-c4ccccc4)c3c(=O)[nH]2)cc1. The van der Waals surface area contributed by atoms with E-state index in [1.807, 2.05) is 37.3 Å². The number of H-pyrrole nitrogens is 1. The van der Waals surface area contributed by atoms with Gasteiger partial charge in [-0.2, -0.15) is 0 Å². The molecular formula is C21H16N2O2S. The average molecular weight is 360 g/mol. The quantitative estimate of drug-likeness (QED) is 0.532. The molecule has 1 N–H and O–H groups in total. The van der Waals surface area contributed by atoms with Gasteiger partial charge in [0.05, 0.1) is 5.39 Å². The van der Waals surface area contributed by atoms with E-state index in [0.29, 0.717) is 16.8 Å². The topological polar surface area (TPSA) is 62.8 Å². The highest BCUT2D eigenvalue weighted by molar-refractivity contribution is 7.19. The van der Waals surface area contributed by atoms with Crippen LogP contribution in [0.2, 0.25) is 0 Å². The second kappa shape index (κ2) is 6.35. The monoisotopic (exact) mass is 360 g/mol. The maximum Gasteiger partial charge on any atom is 0.260 e. The van der Waals surface area contributed by atoms with Gasteiger partial charge < -0.3 is 4.98 Å². The Bertz CT molecular complexity index is 1170. The van der Waals surface area contributed by atoms with Crippen LogP contribution >= 0.6 is 11.3 Å². The Hall–Kier alpha value is -3.05. The molecule has 0 spiro atoms. The van der Waals surface area contributed by atoms with E-state index in [1.54, 1.807) is 24.3 Å². The molecular weight excluding hydrogens is 344 g/mol. The summed E-state index contributed by atoms with van der Waals surface area (Å²) < 4.78 is 0. The molecule has 2 heterocycles. The van der Waals surface area contributed by atoms with Crippen molar-refractivity contribution in [1.29, 1.82) is 0 Å². The van der Waals surface area contributed by atoms with Crippen molar-refractivity contribution in [1.82, 2.24) is 9.97 Å². The summed E-state index contributed by atoms with van der Waals surface area (Å²) in [6.45, 7) is 3.54. The van der Waals surface area contributed by atoms with E-state index in [1.165, 1.54) is 18.3 Å². The van der Waals surface area contributed by atoms with Crippen LogP contribution in [0.3, 0.4) is 0 Å². The minimum absolute atomic E-state index is 0.00911. The second-order valence-corrected chi connectivity index (χ2v) is 7.33. The molecule has 0 aliphatic rings. The van der Waals surface area contributed by atoms with Gasteiger partial charge in [0.25, 0.3) is 5.56 Å². The Kier molecular flexibility index (Phi) is 4.01. The number of nitrogens with one attached hydrogen (secondary N) is 1. The minimum atomic E-state index is -0.149. The first-order chi connectivity index (χ1) is 12.5. The first-order valence-electron chi connectivity index (χ1n) is 8.25. The van der Waals surface area contributed by atoms with Gasteiger partial charge in [0.15, 0.2) is 5.78 Å². The fourth-order valence-corrected chi connectivity index (χ4v) is 4.12. The predicted octanol–water partition coefficient (Wildman–Crippen LogP) is 4.83. The molecule has 0 saturated carbocycles. The summed E-state index contributed by atoms with van der Waals surface area (Å²) in [5.41, 5.74) is 3.22. The maximum absolute atomic E-state index is 12.8. The van der Waals surface area contributed by atoms with Crippen molar-refractivity contribution in [3.05, 3.63) is 75.4 Å². The van der Waals surface area contributed by atoms with Gasteiger partial charge in [0.1, 0.15) is 10.7 Å². The molecule has 5 heteroatoms. The number of fused-ring (bicyclic) bond motifs is 1. The summed E-state index contributed by atoms with van der Waals surface area (Å²) >= 11 is 1.52. The van der Waals surface area contributed by atoms with Crippen molar-refractivity contribution in [2.75, 3.05) is 0 Å². The number of hydrogen-bond donors (Lipinski definition) is 1. The largest absolute Gasteiger partial charge is 0.306 e. The number of hydrogen-bond acceptors (Lipinski definition) is 4. The lowest BCUT2D eigenvalue weighted by Crippen LogP contribution is -2.09. The lowest BCUT2D eigenvalue weighted by Gasteiger charge is -2.04. The Balaban J connectivity index is 1.88. The number of benzene rings is 2. The van der Waals surface area contributed by atoms with Crippen LogP contribution in [0.5, 0.6) is 0 Å². The van der Waals surface area contributed by atoms with Crippen LogP contribution in [0.15, 0.2) is 59.4 Å². The molecule has 0 bridgehead atoms. The molecule has 2 aromatic heterocycles. The zero-order valence-electron chi connectivity index (χ0n) is 14.4. The molecule has 128 valence electrons. The number of Topliss-reactive ketones (excluding diaryl/α,β-unsaturated/α-hetero) is 1. The van der Waals surface area contributed by atoms with E-state index in [0.717, 1.165) is 26.4 Å². The number of nitrogens with zero attached hydrogens (tertiary/aromatic N) is 1. The molecule has 2 aromatic carbocycles. The van der Waals surface area contributed by atoms with Crippen LogP contribution in [-0.2, 0) is 0 Å². The van der Waals surface area contributed by atoms with Gasteiger partial charge >= 0.3 is 0 Å². The van der Waals surface area contributed by atoms with Gasteiger partial charge in [-0.3, -0.25) is 9.59 Å². The standard InChI is InChI=1S/C21H16N2O2S/c1-12(24)14-8-10-16(11-9-14)19-22-20(25)18-17(13(2)26-21(18)23-19)15-6-4-3-5-7-15/h3-11H,1-2H3,(H,22,23,25). The van der Waals surface area contributed by atoms with E-state index in [2.05, 4.69) is 9.97 Å². The van der Waals surface area contributed by atoms with Crippen LogP contribution in [0, 0.1) is 6.92 Å². The van der Waals surface area contributed by atoms with Gasteiger partial charge in [0.2, 0.25) is 0 Å². The fourth-order valence-electron chi connectivity index (χ4n) is 3.07. The second-order valence-electron chi connectivity index (χ2n) is 6.13. The molecule has 4 rings (SSSR count). The molecule has 0 unspecified atom stereocenters. The third-order valence-corrected chi connectivity index (χ3v) is 5.36. The number of aryl methyl sites for hydroxylation is 1. The molecule has 0 aliphatic carbocycles. The summed E-state index contributed by atoms with van der Waals surface area (Å²) in [7, 11) is 0. The van der Waals surface area contributed by atoms with Gasteiger partial charge in [-0.15, -0.1) is 11.3 Å². The third kappa shape index (κ3) is 2.76. The third-order valence-electron chi connectivity index (χ3n) is 4.37. The summed E-state index contributed by atoms with van der Waals surface area (Å²) in [4.78, 5) is 33.6. The highest BCUT2D eigenvalue weighted by Crippen LogP contribution is 2.35. The van der Waals surface area contributed by atoms with Crippen molar-refractivity contribution in [2.45, 2.75) is 13.8 Å². The van der Waals surface area contributed by atoms with Crippen LogP contribution in [0.25, 0.3) is 32.7 Å². The van der Waals surface area contributed by atoms with E-state index in [-0.39, 0.29) is 11.3 Å². The number of carbonyl (C=O) groups excluding carboxylic acids is 1. The zero-order valence-corrected chi connectivity index (χ0v) is 15.2. The number of rotatable bonds is 3. The lowest BCUT2D eigenvalue weighted by molar-refractivity contribution is 0.101. The Morgan fingerprint density at radius 3 is 2.35 bits per heavy atom. The molecule has 0 fully saturated rings. The van der Waals surface area contributed by atoms with Crippen molar-refractivity contribution in [3.63, 3.8) is 0 Å². The zero-order chi connectivity index (χ0) is 18.3. The number of thiophene rings is 1. The van der Waals surface area contributed by atoms with Crippen LogP contribution in [0.1, 0.15) is 22.2 Å². The smallest absolute Gasteiger partial charge is 0.260 e. The number of carbonyl (C=O) groups is 1. The van der Waals surface area contributed by atoms with Crippen molar-refractivity contribution < 1.29 is 4.79 Å². The normalized spacial score (nSPS) is 11.0. The number of aromatic amines is 1. The van der Waals surface area contributed by atoms with Crippen LogP contribution in [0.4, 0.5) is 0 Å². The predicted molar refractivity (Wildman–Crippen MR) is 106 cm³/mol. The molecule has 0 amide bonds. The average Bonchev–Trinajstić information content (AvgIpc) is 2.99. The summed E-state index contributed by atoms with van der Waals surface area (Å²) in [6.07, 6.45) is 0. The summed E-state index contributed by atoms with van der Waals surface area (Å²) in [5.74, 6) is 0.522. The Labute approximate surface area is 154 Å². The highest BCUT2D eigenvalue weighted by atomic mass is 32.1. The molecule has 0 saturated heterocycles. The highest BCUT2D eigenvalue weighted by Gasteiger charge is 2.17. The van der Waals surface area contributed by atoms with Crippen molar-refractivity contribution in [2.24, 2.45) is 0 Å². The number of aromatic nitrogens is 2. The van der Waals surface area contributed by atoms with Crippen LogP contribution < -0.4 is 5.56 Å². The summed E-state index contributed by atoms with van der Waals surface area (Å²) in [5, 5.41) is 0.628. The molecule has 0 atom stereocenters. The van der Waals surface area contributed by atoms with E-state index in [4.69, 9.17) is 0 Å². The van der Waals surface area contributed by atoms with E-state index >= 15 is 0 Å². The van der Waals surface area contributed by atoms with Crippen molar-refractivity contribution in [3.8, 4) is 22.5 Å². The van der Waals surface area contributed by atoms with Gasteiger partial charge in [-0.25, -0.2) is 4.98 Å². The van der Waals surface area contributed by atoms with Gasteiger partial charge in [0, 0.05) is 21.6 Å². The Morgan fingerprint density at radius 1 is 1.00 bits per heavy atom. The van der Waals surface area contributed by atoms with Gasteiger partial charge in [-0.05, 0) is 19.4 Å².